The molecule has 0 aromatic carbocycles. The molecule has 3 N–H and O–H groups in total. The number of carbonyl (C=O) groups is 1. The van der Waals surface area contributed by atoms with E-state index in [-0.39, 0.29) is 11.9 Å². The maximum Gasteiger partial charge on any atom is 0.242 e. The van der Waals surface area contributed by atoms with Gasteiger partial charge >= 0.3 is 0 Å². The summed E-state index contributed by atoms with van der Waals surface area (Å²) in [6.07, 6.45) is 4.71. The van der Waals surface area contributed by atoms with Gasteiger partial charge in [-0.15, -0.1) is 0 Å². The van der Waals surface area contributed by atoms with E-state index in [1.807, 2.05) is 13.0 Å². The molecule has 1 unspecified atom stereocenters. The Morgan fingerprint density at radius 2 is 2.33 bits per heavy atom. The van der Waals surface area contributed by atoms with Crippen molar-refractivity contribution in [3.05, 3.63) is 17.8 Å². The molecule has 1 saturated heterocycles. The molecule has 0 bridgehead atoms. The topological polar surface area (TPSA) is 71.2 Å². The molecule has 5 nitrogen and oxygen atoms in total. The molecular weight excluding hydrogens is 228 g/mol. The van der Waals surface area contributed by atoms with Crippen molar-refractivity contribution < 1.29 is 4.79 Å². The first-order valence-electron chi connectivity index (χ1n) is 6.34. The fourth-order valence-electron chi connectivity index (χ4n) is 2.51. The summed E-state index contributed by atoms with van der Waals surface area (Å²) >= 11 is 0. The van der Waals surface area contributed by atoms with Gasteiger partial charge in [-0.3, -0.25) is 4.79 Å². The van der Waals surface area contributed by atoms with Gasteiger partial charge in [0.15, 0.2) is 0 Å². The number of piperidine rings is 1. The Morgan fingerprint density at radius 3 is 3.00 bits per heavy atom. The lowest BCUT2D eigenvalue weighted by molar-refractivity contribution is -0.122. The first kappa shape index (κ1) is 12.7. The number of nitrogens with two attached hydrogens (primary N) is 1. The number of hydrogen-bond acceptors (Lipinski definition) is 4. The van der Waals surface area contributed by atoms with E-state index in [0.717, 1.165) is 37.2 Å². The second kappa shape index (κ2) is 5.25. The summed E-state index contributed by atoms with van der Waals surface area (Å²) in [6.45, 7) is 2.85. The zero-order valence-electron chi connectivity index (χ0n) is 10.9. The van der Waals surface area contributed by atoms with Crippen LogP contribution in [0.3, 0.4) is 0 Å². The Kier molecular flexibility index (Phi) is 3.69. The van der Waals surface area contributed by atoms with Crippen LogP contribution in [0.4, 0.5) is 11.5 Å². The van der Waals surface area contributed by atoms with Crippen LogP contribution in [0.1, 0.15) is 24.8 Å². The number of nitrogens with one attached hydrogen (secondary N) is 1. The molecule has 0 radical (unpaired) electrons. The molecule has 0 spiro atoms. The molecule has 2 rings (SSSR count). The first-order valence-corrected chi connectivity index (χ1v) is 6.34. The molecule has 5 heteroatoms. The highest BCUT2D eigenvalue weighted by molar-refractivity contribution is 5.85. The molecule has 1 fully saturated rings. The van der Waals surface area contributed by atoms with E-state index in [4.69, 9.17) is 5.73 Å². The van der Waals surface area contributed by atoms with Crippen molar-refractivity contribution in [3.63, 3.8) is 0 Å². The average Bonchev–Trinajstić information content (AvgIpc) is 2.38. The number of rotatable bonds is 2. The van der Waals surface area contributed by atoms with Crippen LogP contribution < -0.4 is 16.0 Å². The molecule has 0 aliphatic carbocycles. The van der Waals surface area contributed by atoms with Gasteiger partial charge in [0.1, 0.15) is 11.9 Å². The maximum absolute atomic E-state index is 11.9. The summed E-state index contributed by atoms with van der Waals surface area (Å²) in [5, 5.41) is 2.73. The van der Waals surface area contributed by atoms with Crippen molar-refractivity contribution in [2.24, 2.45) is 0 Å². The number of likely N-dealkylation sites (N-methyl/N-ethyl adjacent to an activating group) is 1. The summed E-state index contributed by atoms with van der Waals surface area (Å²) in [5.41, 5.74) is 7.39. The monoisotopic (exact) mass is 248 g/mol. The second-order valence-corrected chi connectivity index (χ2v) is 4.73. The molecule has 98 valence electrons. The quantitative estimate of drug-likeness (QED) is 0.821. The SMILES string of the molecule is CNC(=O)C1CCCCN1c1ncc(N)cc1C. The Bertz CT molecular complexity index is 447. The minimum Gasteiger partial charge on any atom is -0.397 e. The van der Waals surface area contributed by atoms with Gasteiger partial charge in [-0.2, -0.15) is 0 Å². The van der Waals surface area contributed by atoms with Crippen molar-refractivity contribution in [2.45, 2.75) is 32.2 Å². The average molecular weight is 248 g/mol. The lowest BCUT2D eigenvalue weighted by atomic mass is 10.0. The van der Waals surface area contributed by atoms with Gasteiger partial charge in [0.05, 0.1) is 11.9 Å². The number of nitrogen functional groups attached to an aromatic ring is 1. The Morgan fingerprint density at radius 1 is 1.56 bits per heavy atom. The van der Waals surface area contributed by atoms with Crippen LogP contribution in [0.5, 0.6) is 0 Å². The number of hydrogen-bond donors (Lipinski definition) is 2. The zero-order valence-corrected chi connectivity index (χ0v) is 10.9. The predicted octanol–water partition coefficient (Wildman–Crippen LogP) is 1.08. The maximum atomic E-state index is 11.9. The van der Waals surface area contributed by atoms with Crippen LogP contribution in [0.15, 0.2) is 12.3 Å². The number of aryl methyl sites for hydroxylation is 1. The van der Waals surface area contributed by atoms with E-state index in [1.165, 1.54) is 0 Å². The van der Waals surface area contributed by atoms with Crippen LogP contribution in [0.25, 0.3) is 0 Å². The Balaban J connectivity index is 2.30. The minimum absolute atomic E-state index is 0.0627. The molecule has 1 amide bonds. The van der Waals surface area contributed by atoms with Gasteiger partial charge in [0.2, 0.25) is 5.91 Å². The van der Waals surface area contributed by atoms with Crippen molar-refractivity contribution in [3.8, 4) is 0 Å². The molecule has 1 aliphatic rings. The smallest absolute Gasteiger partial charge is 0.242 e. The first-order chi connectivity index (χ1) is 8.63. The normalized spacial score (nSPS) is 19.7. The summed E-state index contributed by atoms with van der Waals surface area (Å²) in [5.74, 6) is 0.935. The van der Waals surface area contributed by atoms with Crippen LogP contribution in [-0.4, -0.2) is 30.5 Å². The molecule has 1 aromatic rings. The Labute approximate surface area is 107 Å². The van der Waals surface area contributed by atoms with Crippen LogP contribution in [0.2, 0.25) is 0 Å². The third-order valence-electron chi connectivity index (χ3n) is 3.40. The zero-order chi connectivity index (χ0) is 13.1. The number of aromatic nitrogens is 1. The predicted molar refractivity (Wildman–Crippen MR) is 72.4 cm³/mol. The van der Waals surface area contributed by atoms with Crippen molar-refractivity contribution in [1.29, 1.82) is 0 Å². The standard InChI is InChI=1S/C13H20N4O/c1-9-7-10(14)8-16-12(9)17-6-4-3-5-11(17)13(18)15-2/h7-8,11H,3-6,14H2,1-2H3,(H,15,18). The minimum atomic E-state index is -0.112. The lowest BCUT2D eigenvalue weighted by Crippen LogP contribution is -2.49. The molecule has 1 aromatic heterocycles. The lowest BCUT2D eigenvalue weighted by Gasteiger charge is -2.36. The fraction of sp³-hybridized carbons (Fsp3) is 0.538. The van der Waals surface area contributed by atoms with E-state index in [9.17, 15) is 4.79 Å². The van der Waals surface area contributed by atoms with Crippen LogP contribution >= 0.6 is 0 Å². The van der Waals surface area contributed by atoms with Crippen LogP contribution in [-0.2, 0) is 4.79 Å². The summed E-state index contributed by atoms with van der Waals surface area (Å²) < 4.78 is 0. The number of nitrogens with zero attached hydrogens (tertiary/aromatic N) is 2. The number of carbonyl (C=O) groups excluding carboxylic acids is 1. The summed E-state index contributed by atoms with van der Waals surface area (Å²) in [6, 6.07) is 1.79. The third kappa shape index (κ3) is 2.39. The van der Waals surface area contributed by atoms with Crippen molar-refractivity contribution in [2.75, 3.05) is 24.2 Å². The molecule has 0 saturated carbocycles. The fourth-order valence-corrected chi connectivity index (χ4v) is 2.51. The van der Waals surface area contributed by atoms with Crippen molar-refractivity contribution in [1.82, 2.24) is 10.3 Å². The van der Waals surface area contributed by atoms with E-state index < -0.39 is 0 Å². The second-order valence-electron chi connectivity index (χ2n) is 4.73. The van der Waals surface area contributed by atoms with Crippen molar-refractivity contribution >= 4 is 17.4 Å². The number of amides is 1. The molecule has 1 aliphatic heterocycles. The highest BCUT2D eigenvalue weighted by Gasteiger charge is 2.29. The number of anilines is 2. The largest absolute Gasteiger partial charge is 0.397 e. The third-order valence-corrected chi connectivity index (χ3v) is 3.40. The highest BCUT2D eigenvalue weighted by Crippen LogP contribution is 2.26. The molecular formula is C13H20N4O. The van der Waals surface area contributed by atoms with Gasteiger partial charge in [0, 0.05) is 13.6 Å². The van der Waals surface area contributed by atoms with E-state index in [0.29, 0.717) is 5.69 Å². The number of pyridine rings is 1. The van der Waals surface area contributed by atoms with E-state index in [2.05, 4.69) is 15.2 Å². The van der Waals surface area contributed by atoms with Crippen LogP contribution in [0, 0.1) is 6.92 Å². The molecule has 2 heterocycles. The van der Waals surface area contributed by atoms with Gasteiger partial charge in [-0.1, -0.05) is 0 Å². The van der Waals surface area contributed by atoms with E-state index in [1.54, 1.807) is 13.2 Å². The van der Waals surface area contributed by atoms with Gasteiger partial charge in [0.25, 0.3) is 0 Å². The molecule has 1 atom stereocenters. The van der Waals surface area contributed by atoms with E-state index >= 15 is 0 Å². The Hall–Kier alpha value is -1.78. The van der Waals surface area contributed by atoms with Gasteiger partial charge in [-0.05, 0) is 37.8 Å². The van der Waals surface area contributed by atoms with Gasteiger partial charge in [-0.25, -0.2) is 4.98 Å². The van der Waals surface area contributed by atoms with Gasteiger partial charge < -0.3 is 16.0 Å². The summed E-state index contributed by atoms with van der Waals surface area (Å²) in [4.78, 5) is 18.4. The molecule has 18 heavy (non-hydrogen) atoms. The summed E-state index contributed by atoms with van der Waals surface area (Å²) in [7, 11) is 1.68. The highest BCUT2D eigenvalue weighted by atomic mass is 16.2.